The van der Waals surface area contributed by atoms with Crippen molar-refractivity contribution in [2.75, 3.05) is 0 Å². The van der Waals surface area contributed by atoms with Crippen LogP contribution in [0.2, 0.25) is 0 Å². The zero-order valence-corrected chi connectivity index (χ0v) is 10.8. The summed E-state index contributed by atoms with van der Waals surface area (Å²) >= 11 is 0. The summed E-state index contributed by atoms with van der Waals surface area (Å²) < 4.78 is 0. The van der Waals surface area contributed by atoms with E-state index in [-0.39, 0.29) is 6.04 Å². The predicted molar refractivity (Wildman–Crippen MR) is 79.6 cm³/mol. The highest BCUT2D eigenvalue weighted by atomic mass is 16.3. The van der Waals surface area contributed by atoms with Gasteiger partial charge < -0.3 is 10.8 Å². The van der Waals surface area contributed by atoms with Crippen molar-refractivity contribution in [2.45, 2.75) is 18.6 Å². The van der Waals surface area contributed by atoms with Crippen LogP contribution in [0.5, 0.6) is 0 Å². The van der Waals surface area contributed by atoms with Gasteiger partial charge in [-0.05, 0) is 17.5 Å². The van der Waals surface area contributed by atoms with Crippen LogP contribution in [0.15, 0.2) is 66.7 Å². The Morgan fingerprint density at radius 3 is 2.16 bits per heavy atom. The largest absolute Gasteiger partial charge is 0.387 e. The molecule has 1 unspecified atom stereocenters. The molecule has 0 aliphatic heterocycles. The third kappa shape index (κ3) is 4.36. The van der Waals surface area contributed by atoms with Crippen LogP contribution in [0.25, 0.3) is 6.08 Å². The van der Waals surface area contributed by atoms with Crippen molar-refractivity contribution in [3.05, 3.63) is 77.9 Å². The summed E-state index contributed by atoms with van der Waals surface area (Å²) in [6, 6.07) is 19.6. The third-order valence-corrected chi connectivity index (χ3v) is 3.04. The van der Waals surface area contributed by atoms with Gasteiger partial charge in [-0.1, -0.05) is 72.8 Å². The Bertz CT molecular complexity index is 507. The van der Waals surface area contributed by atoms with E-state index in [0.717, 1.165) is 11.1 Å². The van der Waals surface area contributed by atoms with E-state index in [4.69, 9.17) is 5.73 Å². The third-order valence-electron chi connectivity index (χ3n) is 3.04. The molecule has 0 bridgehead atoms. The van der Waals surface area contributed by atoms with Crippen LogP contribution in [0.4, 0.5) is 0 Å². The fourth-order valence-electron chi connectivity index (χ4n) is 1.92. The molecule has 0 saturated carbocycles. The Labute approximate surface area is 114 Å². The molecule has 0 aliphatic carbocycles. The first-order chi connectivity index (χ1) is 9.25. The van der Waals surface area contributed by atoms with E-state index in [1.165, 1.54) is 0 Å². The van der Waals surface area contributed by atoms with Crippen LogP contribution in [-0.2, 0) is 6.42 Å². The summed E-state index contributed by atoms with van der Waals surface area (Å²) in [5.41, 5.74) is 8.22. The maximum atomic E-state index is 10.0. The first-order valence-corrected chi connectivity index (χ1v) is 6.46. The van der Waals surface area contributed by atoms with Crippen molar-refractivity contribution in [1.82, 2.24) is 0 Å². The van der Waals surface area contributed by atoms with E-state index >= 15 is 0 Å². The van der Waals surface area contributed by atoms with Gasteiger partial charge in [0.2, 0.25) is 0 Å². The summed E-state index contributed by atoms with van der Waals surface area (Å²) in [7, 11) is 0. The molecule has 0 heterocycles. The van der Waals surface area contributed by atoms with Gasteiger partial charge in [-0.15, -0.1) is 0 Å². The first-order valence-electron chi connectivity index (χ1n) is 6.46. The average Bonchev–Trinajstić information content (AvgIpc) is 2.47. The number of rotatable bonds is 5. The van der Waals surface area contributed by atoms with Crippen molar-refractivity contribution in [3.63, 3.8) is 0 Å². The monoisotopic (exact) mass is 253 g/mol. The van der Waals surface area contributed by atoms with Gasteiger partial charge in [0, 0.05) is 6.04 Å². The van der Waals surface area contributed by atoms with Gasteiger partial charge in [0.15, 0.2) is 0 Å². The molecule has 0 amide bonds. The normalized spacial score (nSPS) is 14.4. The molecule has 98 valence electrons. The Morgan fingerprint density at radius 2 is 1.53 bits per heavy atom. The smallest absolute Gasteiger partial charge is 0.0878 e. The van der Waals surface area contributed by atoms with Gasteiger partial charge in [-0.25, -0.2) is 0 Å². The van der Waals surface area contributed by atoms with Gasteiger partial charge in [-0.3, -0.25) is 0 Å². The van der Waals surface area contributed by atoms with E-state index in [9.17, 15) is 5.11 Å². The second-order valence-electron chi connectivity index (χ2n) is 4.61. The highest BCUT2D eigenvalue weighted by molar-refractivity contribution is 5.49. The minimum absolute atomic E-state index is 0.289. The fraction of sp³-hybridized carbons (Fsp3) is 0.176. The van der Waals surface area contributed by atoms with Crippen LogP contribution in [0.3, 0.4) is 0 Å². The van der Waals surface area contributed by atoms with E-state index in [1.807, 2.05) is 66.7 Å². The van der Waals surface area contributed by atoms with Gasteiger partial charge >= 0.3 is 0 Å². The summed E-state index contributed by atoms with van der Waals surface area (Å²) in [4.78, 5) is 0. The average molecular weight is 253 g/mol. The SMILES string of the molecule is NC(Cc1ccccc1)[C@H](O)/C=C/c1ccccc1. The number of nitrogens with two attached hydrogens (primary N) is 1. The lowest BCUT2D eigenvalue weighted by Crippen LogP contribution is -2.35. The topological polar surface area (TPSA) is 46.2 Å². The number of benzene rings is 2. The number of hydrogen-bond acceptors (Lipinski definition) is 2. The second-order valence-corrected chi connectivity index (χ2v) is 4.61. The molecule has 0 aromatic heterocycles. The molecule has 0 saturated heterocycles. The number of aliphatic hydroxyl groups excluding tert-OH is 1. The van der Waals surface area contributed by atoms with Crippen molar-refractivity contribution < 1.29 is 5.11 Å². The molecule has 19 heavy (non-hydrogen) atoms. The van der Waals surface area contributed by atoms with E-state index < -0.39 is 6.10 Å². The van der Waals surface area contributed by atoms with Crippen LogP contribution in [0, 0.1) is 0 Å². The zero-order chi connectivity index (χ0) is 13.5. The molecule has 2 aromatic rings. The molecule has 3 N–H and O–H groups in total. The van der Waals surface area contributed by atoms with Gasteiger partial charge in [0.1, 0.15) is 0 Å². The molecule has 2 atom stereocenters. The minimum Gasteiger partial charge on any atom is -0.387 e. The second kappa shape index (κ2) is 6.88. The summed E-state index contributed by atoms with van der Waals surface area (Å²) in [5, 5.41) is 10.0. The molecule has 0 fully saturated rings. The molecular weight excluding hydrogens is 234 g/mol. The predicted octanol–water partition coefficient (Wildman–Crippen LogP) is 2.63. The Hall–Kier alpha value is -1.90. The van der Waals surface area contributed by atoms with Crippen LogP contribution in [-0.4, -0.2) is 17.3 Å². The van der Waals surface area contributed by atoms with Crippen molar-refractivity contribution in [2.24, 2.45) is 5.73 Å². The highest BCUT2D eigenvalue weighted by Gasteiger charge is 2.11. The zero-order valence-electron chi connectivity index (χ0n) is 10.8. The molecule has 2 heteroatoms. The van der Waals surface area contributed by atoms with Gasteiger partial charge in [-0.2, -0.15) is 0 Å². The molecule has 2 nitrogen and oxygen atoms in total. The molecule has 0 radical (unpaired) electrons. The number of hydrogen-bond donors (Lipinski definition) is 2. The van der Waals surface area contributed by atoms with Crippen molar-refractivity contribution in [3.8, 4) is 0 Å². The van der Waals surface area contributed by atoms with Gasteiger partial charge in [0.05, 0.1) is 6.10 Å². The van der Waals surface area contributed by atoms with E-state index in [0.29, 0.717) is 6.42 Å². The highest BCUT2D eigenvalue weighted by Crippen LogP contribution is 2.07. The molecule has 0 aliphatic rings. The number of aliphatic hydroxyl groups is 1. The maximum absolute atomic E-state index is 10.0. The van der Waals surface area contributed by atoms with Crippen molar-refractivity contribution >= 4 is 6.08 Å². The van der Waals surface area contributed by atoms with E-state index in [2.05, 4.69) is 0 Å². The summed E-state index contributed by atoms with van der Waals surface area (Å²) in [6.07, 6.45) is 3.68. The lowest BCUT2D eigenvalue weighted by Gasteiger charge is -2.15. The molecule has 2 rings (SSSR count). The summed E-state index contributed by atoms with van der Waals surface area (Å²) in [5.74, 6) is 0. The lowest BCUT2D eigenvalue weighted by atomic mass is 10.0. The maximum Gasteiger partial charge on any atom is 0.0878 e. The van der Waals surface area contributed by atoms with Crippen LogP contribution in [0.1, 0.15) is 11.1 Å². The Morgan fingerprint density at radius 1 is 0.947 bits per heavy atom. The Kier molecular flexibility index (Phi) is 4.90. The molecule has 0 spiro atoms. The standard InChI is InChI=1S/C17H19NO/c18-16(13-15-9-5-2-6-10-15)17(19)12-11-14-7-3-1-4-8-14/h1-12,16-17,19H,13,18H2/b12-11+/t16?,17-/m1/s1. The molecular formula is C17H19NO. The van der Waals surface area contributed by atoms with Gasteiger partial charge in [0.25, 0.3) is 0 Å². The Balaban J connectivity index is 1.92. The molecule has 2 aromatic carbocycles. The van der Waals surface area contributed by atoms with E-state index in [1.54, 1.807) is 6.08 Å². The van der Waals surface area contributed by atoms with Crippen LogP contribution >= 0.6 is 0 Å². The summed E-state index contributed by atoms with van der Waals surface area (Å²) in [6.45, 7) is 0. The minimum atomic E-state index is -0.639. The first kappa shape index (κ1) is 13.5. The van der Waals surface area contributed by atoms with Crippen molar-refractivity contribution in [1.29, 1.82) is 0 Å². The lowest BCUT2D eigenvalue weighted by molar-refractivity contribution is 0.191. The quantitative estimate of drug-likeness (QED) is 0.860. The fourth-order valence-corrected chi connectivity index (χ4v) is 1.92. The van der Waals surface area contributed by atoms with Crippen LogP contribution < -0.4 is 5.73 Å².